The molecule has 0 atom stereocenters. The van der Waals surface area contributed by atoms with E-state index in [0.717, 1.165) is 17.7 Å². The van der Waals surface area contributed by atoms with E-state index in [0.29, 0.717) is 18.0 Å². The second kappa shape index (κ2) is 9.49. The highest BCUT2D eigenvalue weighted by Crippen LogP contribution is 2.32. The van der Waals surface area contributed by atoms with Crippen LogP contribution in [0.15, 0.2) is 67.0 Å². The summed E-state index contributed by atoms with van der Waals surface area (Å²) in [5, 5.41) is 5.57. The van der Waals surface area contributed by atoms with Crippen molar-refractivity contribution in [3.63, 3.8) is 0 Å². The van der Waals surface area contributed by atoms with E-state index in [2.05, 4.69) is 15.6 Å². The van der Waals surface area contributed by atoms with Gasteiger partial charge in [0.2, 0.25) is 0 Å². The van der Waals surface area contributed by atoms with Gasteiger partial charge in [-0.3, -0.25) is 4.98 Å². The largest absolute Gasteiger partial charge is 0.489 e. The lowest BCUT2D eigenvalue weighted by Crippen LogP contribution is -2.28. The molecule has 0 unspecified atom stereocenters. The summed E-state index contributed by atoms with van der Waals surface area (Å²) in [6, 6.07) is 12.7. The van der Waals surface area contributed by atoms with Crippen molar-refractivity contribution in [1.29, 1.82) is 0 Å². The molecule has 2 amide bonds. The summed E-state index contributed by atoms with van der Waals surface area (Å²) in [6.45, 7) is 0.208. The topological polar surface area (TPSA) is 63.2 Å². The van der Waals surface area contributed by atoms with E-state index in [-0.39, 0.29) is 23.2 Å². The molecule has 1 heterocycles. The highest BCUT2D eigenvalue weighted by Gasteiger charge is 2.30. The SMILES string of the molecule is O=C(NCc1cccnc1)Nc1ccc(OCc2cc(C(F)(F)F)ccc2Cl)cc1. The van der Waals surface area contributed by atoms with Crippen LogP contribution in [-0.4, -0.2) is 11.0 Å². The quantitative estimate of drug-likeness (QED) is 0.525. The van der Waals surface area contributed by atoms with Crippen LogP contribution >= 0.6 is 11.6 Å². The molecule has 2 aromatic carbocycles. The van der Waals surface area contributed by atoms with Crippen LogP contribution in [0, 0.1) is 0 Å². The molecule has 0 aliphatic rings. The fourth-order valence-electron chi connectivity index (χ4n) is 2.52. The Morgan fingerprint density at radius 3 is 2.53 bits per heavy atom. The summed E-state index contributed by atoms with van der Waals surface area (Å²) in [4.78, 5) is 15.9. The lowest BCUT2D eigenvalue weighted by molar-refractivity contribution is -0.137. The molecule has 0 spiro atoms. The number of amides is 2. The number of carbonyl (C=O) groups is 1. The number of alkyl halides is 3. The average Bonchev–Trinajstić information content (AvgIpc) is 2.72. The van der Waals surface area contributed by atoms with Gasteiger partial charge >= 0.3 is 12.2 Å². The van der Waals surface area contributed by atoms with Crippen molar-refractivity contribution < 1.29 is 22.7 Å². The molecule has 30 heavy (non-hydrogen) atoms. The monoisotopic (exact) mass is 435 g/mol. The highest BCUT2D eigenvalue weighted by atomic mass is 35.5. The molecule has 0 bridgehead atoms. The standard InChI is InChI=1S/C21H17ClF3N3O2/c22-19-8-3-16(21(23,24)25)10-15(19)13-30-18-6-4-17(5-7-18)28-20(29)27-12-14-2-1-9-26-11-14/h1-11H,12-13H2,(H2,27,28,29). The third-order valence-corrected chi connectivity index (χ3v) is 4.42. The van der Waals surface area contributed by atoms with Gasteiger partial charge in [-0.15, -0.1) is 0 Å². The van der Waals surface area contributed by atoms with Gasteiger partial charge in [0.1, 0.15) is 12.4 Å². The van der Waals surface area contributed by atoms with E-state index in [4.69, 9.17) is 16.3 Å². The molecule has 0 fully saturated rings. The van der Waals surface area contributed by atoms with Crippen LogP contribution in [-0.2, 0) is 19.3 Å². The molecule has 0 aliphatic carbocycles. The number of aromatic nitrogens is 1. The first kappa shape index (κ1) is 21.4. The smallest absolute Gasteiger partial charge is 0.416 e. The number of pyridine rings is 1. The molecule has 0 saturated carbocycles. The minimum atomic E-state index is -4.45. The van der Waals surface area contributed by atoms with Crippen LogP contribution in [0.25, 0.3) is 0 Å². The number of urea groups is 1. The van der Waals surface area contributed by atoms with Crippen molar-refractivity contribution in [3.05, 3.63) is 88.7 Å². The van der Waals surface area contributed by atoms with Crippen molar-refractivity contribution in [2.45, 2.75) is 19.3 Å². The van der Waals surface area contributed by atoms with Gasteiger partial charge < -0.3 is 15.4 Å². The summed E-state index contributed by atoms with van der Waals surface area (Å²) >= 11 is 5.96. The van der Waals surface area contributed by atoms with Crippen LogP contribution in [0.1, 0.15) is 16.7 Å². The first-order valence-electron chi connectivity index (χ1n) is 8.83. The Bertz CT molecular complexity index is 997. The van der Waals surface area contributed by atoms with E-state index >= 15 is 0 Å². The summed E-state index contributed by atoms with van der Waals surface area (Å²) < 4.78 is 44.0. The third kappa shape index (κ3) is 6.12. The third-order valence-electron chi connectivity index (χ3n) is 4.06. The van der Waals surface area contributed by atoms with Crippen LogP contribution in [0.4, 0.5) is 23.7 Å². The summed E-state index contributed by atoms with van der Waals surface area (Å²) in [7, 11) is 0. The highest BCUT2D eigenvalue weighted by molar-refractivity contribution is 6.31. The van der Waals surface area contributed by atoms with Gasteiger partial charge in [-0.05, 0) is 54.1 Å². The molecule has 0 radical (unpaired) electrons. The fourth-order valence-corrected chi connectivity index (χ4v) is 2.69. The summed E-state index contributed by atoms with van der Waals surface area (Å²) in [5.41, 5.74) is 0.832. The maximum absolute atomic E-state index is 12.8. The molecular weight excluding hydrogens is 419 g/mol. The number of benzene rings is 2. The van der Waals surface area contributed by atoms with E-state index in [1.54, 1.807) is 42.7 Å². The Labute approximate surface area is 175 Å². The number of anilines is 1. The number of nitrogens with zero attached hydrogens (tertiary/aromatic N) is 1. The Morgan fingerprint density at radius 2 is 1.87 bits per heavy atom. The van der Waals surface area contributed by atoms with E-state index in [1.807, 2.05) is 6.07 Å². The Morgan fingerprint density at radius 1 is 1.10 bits per heavy atom. The van der Waals surface area contributed by atoms with Gasteiger partial charge in [0.05, 0.1) is 5.56 Å². The number of hydrogen-bond acceptors (Lipinski definition) is 3. The molecule has 2 N–H and O–H groups in total. The summed E-state index contributed by atoms with van der Waals surface area (Å²) in [5.74, 6) is 0.421. The number of carbonyl (C=O) groups excluding carboxylic acids is 1. The van der Waals surface area contributed by atoms with Crippen molar-refractivity contribution >= 4 is 23.3 Å². The Balaban J connectivity index is 1.53. The summed E-state index contributed by atoms with van der Waals surface area (Å²) in [6.07, 6.45) is -1.15. The number of nitrogens with one attached hydrogen (secondary N) is 2. The predicted octanol–water partition coefficient (Wildman–Crippen LogP) is 5.65. The van der Waals surface area contributed by atoms with Gasteiger partial charge in [0.15, 0.2) is 0 Å². The molecule has 156 valence electrons. The fraction of sp³-hybridized carbons (Fsp3) is 0.143. The van der Waals surface area contributed by atoms with Crippen molar-refractivity contribution in [3.8, 4) is 5.75 Å². The molecule has 3 aromatic rings. The number of hydrogen-bond donors (Lipinski definition) is 2. The number of halogens is 4. The van der Waals surface area contributed by atoms with Crippen LogP contribution in [0.5, 0.6) is 5.75 Å². The van der Waals surface area contributed by atoms with Gasteiger partial charge in [-0.2, -0.15) is 13.2 Å². The molecular formula is C21H17ClF3N3O2. The van der Waals surface area contributed by atoms with Crippen molar-refractivity contribution in [2.24, 2.45) is 0 Å². The lowest BCUT2D eigenvalue weighted by Gasteiger charge is -2.12. The zero-order chi connectivity index (χ0) is 21.6. The lowest BCUT2D eigenvalue weighted by atomic mass is 10.1. The van der Waals surface area contributed by atoms with Crippen molar-refractivity contribution in [2.75, 3.05) is 5.32 Å². The maximum atomic E-state index is 12.8. The van der Waals surface area contributed by atoms with Gasteiger partial charge in [-0.25, -0.2) is 4.79 Å². The Kier molecular flexibility index (Phi) is 6.79. The predicted molar refractivity (Wildman–Crippen MR) is 107 cm³/mol. The Hall–Kier alpha value is -3.26. The van der Waals surface area contributed by atoms with E-state index in [1.165, 1.54) is 6.07 Å². The van der Waals surface area contributed by atoms with Crippen LogP contribution < -0.4 is 15.4 Å². The first-order chi connectivity index (χ1) is 14.3. The second-order valence-corrected chi connectivity index (χ2v) is 6.69. The maximum Gasteiger partial charge on any atom is 0.416 e. The van der Waals surface area contributed by atoms with Gasteiger partial charge in [0.25, 0.3) is 0 Å². The molecule has 0 saturated heterocycles. The van der Waals surface area contributed by atoms with E-state index < -0.39 is 11.7 Å². The van der Waals surface area contributed by atoms with Gasteiger partial charge in [0, 0.05) is 35.2 Å². The molecule has 9 heteroatoms. The zero-order valence-electron chi connectivity index (χ0n) is 15.5. The minimum Gasteiger partial charge on any atom is -0.489 e. The van der Waals surface area contributed by atoms with E-state index in [9.17, 15) is 18.0 Å². The molecule has 3 rings (SSSR count). The molecule has 1 aromatic heterocycles. The average molecular weight is 436 g/mol. The number of rotatable bonds is 6. The van der Waals surface area contributed by atoms with Crippen LogP contribution in [0.3, 0.4) is 0 Å². The van der Waals surface area contributed by atoms with Gasteiger partial charge in [-0.1, -0.05) is 17.7 Å². The normalized spacial score (nSPS) is 11.1. The molecule has 5 nitrogen and oxygen atoms in total. The molecule has 0 aliphatic heterocycles. The van der Waals surface area contributed by atoms with Crippen LogP contribution in [0.2, 0.25) is 5.02 Å². The van der Waals surface area contributed by atoms with Crippen molar-refractivity contribution in [1.82, 2.24) is 10.3 Å². The number of ether oxygens (including phenoxy) is 1. The first-order valence-corrected chi connectivity index (χ1v) is 9.21. The second-order valence-electron chi connectivity index (χ2n) is 6.29. The minimum absolute atomic E-state index is 0.124. The zero-order valence-corrected chi connectivity index (χ0v) is 16.3.